The lowest BCUT2D eigenvalue weighted by molar-refractivity contribution is 0.187. The number of hydrogen-bond donors (Lipinski definition) is 1. The fourth-order valence-corrected chi connectivity index (χ4v) is 3.01. The van der Waals surface area contributed by atoms with Gasteiger partial charge in [-0.1, -0.05) is 24.6 Å². The molecule has 0 bridgehead atoms. The molecule has 0 amide bonds. The molecule has 1 N–H and O–H groups in total. The van der Waals surface area contributed by atoms with Crippen LogP contribution in [0.1, 0.15) is 25.3 Å². The van der Waals surface area contributed by atoms with E-state index in [4.69, 9.17) is 16.3 Å². The highest BCUT2D eigenvalue weighted by atomic mass is 35.5. The highest BCUT2D eigenvalue weighted by Crippen LogP contribution is 2.47. The molecule has 1 fully saturated rings. The Morgan fingerprint density at radius 3 is 2.80 bits per heavy atom. The minimum atomic E-state index is -0.193. The zero-order chi connectivity index (χ0) is 14.6. The number of halogens is 2. The van der Waals surface area contributed by atoms with Crippen LogP contribution in [0.15, 0.2) is 18.2 Å². The molecule has 0 aliphatic heterocycles. The molecule has 0 spiro atoms. The van der Waals surface area contributed by atoms with Gasteiger partial charge in [0, 0.05) is 30.8 Å². The monoisotopic (exact) mass is 299 g/mol. The summed E-state index contributed by atoms with van der Waals surface area (Å²) in [5, 5.41) is 3.95. The van der Waals surface area contributed by atoms with E-state index in [1.165, 1.54) is 18.9 Å². The van der Waals surface area contributed by atoms with Crippen molar-refractivity contribution in [2.75, 3.05) is 26.8 Å². The minimum Gasteiger partial charge on any atom is -0.383 e. The Balaban J connectivity index is 2.05. The third kappa shape index (κ3) is 3.94. The molecule has 2 nitrogen and oxygen atoms in total. The van der Waals surface area contributed by atoms with Crippen molar-refractivity contribution >= 4 is 11.6 Å². The zero-order valence-electron chi connectivity index (χ0n) is 12.2. The fraction of sp³-hybridized carbons (Fsp3) is 0.625. The van der Waals surface area contributed by atoms with E-state index in [1.54, 1.807) is 19.2 Å². The molecule has 0 aromatic heterocycles. The topological polar surface area (TPSA) is 21.3 Å². The summed E-state index contributed by atoms with van der Waals surface area (Å²) in [6.07, 6.45) is 3.15. The fourth-order valence-electron chi connectivity index (χ4n) is 2.78. The standard InChI is InChI=1S/C16H23ClFNO/c1-16(12-6-7-12,11-19-8-9-20-2)10-13-14(17)4-3-5-15(13)18/h3-5,12,19H,6-11H2,1-2H3. The summed E-state index contributed by atoms with van der Waals surface area (Å²) >= 11 is 6.16. The molecule has 1 aliphatic rings. The molecule has 1 aromatic carbocycles. The molecule has 0 radical (unpaired) electrons. The van der Waals surface area contributed by atoms with E-state index in [9.17, 15) is 4.39 Å². The molecule has 0 heterocycles. The molecule has 20 heavy (non-hydrogen) atoms. The van der Waals surface area contributed by atoms with Gasteiger partial charge in [0.05, 0.1) is 6.61 Å². The number of rotatable bonds is 8. The highest BCUT2D eigenvalue weighted by Gasteiger charge is 2.41. The van der Waals surface area contributed by atoms with Crippen LogP contribution >= 0.6 is 11.6 Å². The van der Waals surface area contributed by atoms with E-state index in [1.807, 2.05) is 0 Å². The van der Waals surface area contributed by atoms with Crippen molar-refractivity contribution in [1.82, 2.24) is 5.32 Å². The molecule has 1 aromatic rings. The van der Waals surface area contributed by atoms with Gasteiger partial charge in [0.1, 0.15) is 5.82 Å². The smallest absolute Gasteiger partial charge is 0.127 e. The van der Waals surface area contributed by atoms with Gasteiger partial charge in [-0.2, -0.15) is 0 Å². The Morgan fingerprint density at radius 2 is 2.20 bits per heavy atom. The van der Waals surface area contributed by atoms with E-state index >= 15 is 0 Å². The van der Waals surface area contributed by atoms with Crippen molar-refractivity contribution in [1.29, 1.82) is 0 Å². The summed E-state index contributed by atoms with van der Waals surface area (Å²) in [5.74, 6) is 0.467. The first-order chi connectivity index (χ1) is 9.57. The first-order valence-electron chi connectivity index (χ1n) is 7.19. The van der Waals surface area contributed by atoms with Gasteiger partial charge in [-0.05, 0) is 42.7 Å². The van der Waals surface area contributed by atoms with E-state index in [0.29, 0.717) is 29.5 Å². The lowest BCUT2D eigenvalue weighted by Crippen LogP contribution is -2.37. The summed E-state index contributed by atoms with van der Waals surface area (Å²) in [7, 11) is 1.70. The molecule has 112 valence electrons. The third-order valence-corrected chi connectivity index (χ3v) is 4.57. The Bertz CT molecular complexity index is 430. The summed E-state index contributed by atoms with van der Waals surface area (Å²) in [6.45, 7) is 4.62. The summed E-state index contributed by atoms with van der Waals surface area (Å²) < 4.78 is 19.0. The van der Waals surface area contributed by atoms with Crippen molar-refractivity contribution in [2.24, 2.45) is 11.3 Å². The van der Waals surface area contributed by atoms with Gasteiger partial charge in [0.2, 0.25) is 0 Å². The van der Waals surface area contributed by atoms with Crippen molar-refractivity contribution in [3.8, 4) is 0 Å². The Kier molecular flexibility index (Phi) is 5.42. The van der Waals surface area contributed by atoms with E-state index in [2.05, 4.69) is 12.2 Å². The molecular formula is C16H23ClFNO. The third-order valence-electron chi connectivity index (χ3n) is 4.22. The van der Waals surface area contributed by atoms with Crippen LogP contribution in [0.25, 0.3) is 0 Å². The quantitative estimate of drug-likeness (QED) is 0.740. The first kappa shape index (κ1) is 15.7. The summed E-state index contributed by atoms with van der Waals surface area (Å²) in [6, 6.07) is 4.92. The molecule has 1 saturated carbocycles. The van der Waals surface area contributed by atoms with Crippen LogP contribution in [0.3, 0.4) is 0 Å². The van der Waals surface area contributed by atoms with Gasteiger partial charge < -0.3 is 10.1 Å². The number of nitrogens with one attached hydrogen (secondary N) is 1. The van der Waals surface area contributed by atoms with E-state index < -0.39 is 0 Å². The lowest BCUT2D eigenvalue weighted by atomic mass is 9.78. The maximum absolute atomic E-state index is 14.0. The highest BCUT2D eigenvalue weighted by molar-refractivity contribution is 6.31. The Labute approximate surface area is 125 Å². The Hall–Kier alpha value is -0.640. The van der Waals surface area contributed by atoms with Crippen molar-refractivity contribution in [3.63, 3.8) is 0 Å². The van der Waals surface area contributed by atoms with Gasteiger partial charge >= 0.3 is 0 Å². The average Bonchev–Trinajstić information content (AvgIpc) is 3.24. The van der Waals surface area contributed by atoms with E-state index in [0.717, 1.165) is 13.1 Å². The second-order valence-corrected chi connectivity index (χ2v) is 6.38. The van der Waals surface area contributed by atoms with Crippen molar-refractivity contribution < 1.29 is 9.13 Å². The predicted octanol–water partition coefficient (Wildman–Crippen LogP) is 3.67. The normalized spacial score (nSPS) is 18.0. The molecule has 2 rings (SSSR count). The molecule has 1 atom stereocenters. The summed E-state index contributed by atoms with van der Waals surface area (Å²) in [4.78, 5) is 0. The summed E-state index contributed by atoms with van der Waals surface area (Å²) in [5.41, 5.74) is 0.705. The lowest BCUT2D eigenvalue weighted by Gasteiger charge is -2.31. The van der Waals surface area contributed by atoms with Crippen LogP contribution < -0.4 is 5.32 Å². The van der Waals surface area contributed by atoms with Crippen LogP contribution in [-0.4, -0.2) is 26.8 Å². The molecule has 4 heteroatoms. The van der Waals surface area contributed by atoms with Crippen molar-refractivity contribution in [3.05, 3.63) is 34.6 Å². The van der Waals surface area contributed by atoms with E-state index in [-0.39, 0.29) is 11.2 Å². The second-order valence-electron chi connectivity index (χ2n) is 5.97. The minimum absolute atomic E-state index is 0.0551. The maximum atomic E-state index is 14.0. The molecule has 1 unspecified atom stereocenters. The predicted molar refractivity (Wildman–Crippen MR) is 80.7 cm³/mol. The van der Waals surface area contributed by atoms with Gasteiger partial charge in [-0.25, -0.2) is 4.39 Å². The number of hydrogen-bond acceptors (Lipinski definition) is 2. The Morgan fingerprint density at radius 1 is 1.45 bits per heavy atom. The van der Waals surface area contributed by atoms with Gasteiger partial charge in [0.15, 0.2) is 0 Å². The second kappa shape index (κ2) is 6.88. The number of ether oxygens (including phenoxy) is 1. The van der Waals surface area contributed by atoms with Crippen LogP contribution in [0.4, 0.5) is 4.39 Å². The van der Waals surface area contributed by atoms with Gasteiger partial charge in [-0.3, -0.25) is 0 Å². The molecule has 1 aliphatic carbocycles. The van der Waals surface area contributed by atoms with Gasteiger partial charge in [-0.15, -0.1) is 0 Å². The van der Waals surface area contributed by atoms with Crippen LogP contribution in [0.2, 0.25) is 5.02 Å². The number of benzene rings is 1. The SMILES string of the molecule is COCCNCC(C)(Cc1c(F)cccc1Cl)C1CC1. The molecular weight excluding hydrogens is 277 g/mol. The first-order valence-corrected chi connectivity index (χ1v) is 7.57. The number of methoxy groups -OCH3 is 1. The maximum Gasteiger partial charge on any atom is 0.127 e. The van der Waals surface area contributed by atoms with Gasteiger partial charge in [0.25, 0.3) is 0 Å². The van der Waals surface area contributed by atoms with Crippen LogP contribution in [0.5, 0.6) is 0 Å². The average molecular weight is 300 g/mol. The van der Waals surface area contributed by atoms with Crippen molar-refractivity contribution in [2.45, 2.75) is 26.2 Å². The van der Waals surface area contributed by atoms with Crippen LogP contribution in [0, 0.1) is 17.2 Å². The largest absolute Gasteiger partial charge is 0.383 e. The molecule has 0 saturated heterocycles. The van der Waals surface area contributed by atoms with Crippen LogP contribution in [-0.2, 0) is 11.2 Å². The zero-order valence-corrected chi connectivity index (χ0v) is 13.0.